The van der Waals surface area contributed by atoms with Crippen LogP contribution in [0.4, 0.5) is 0 Å². The number of benzene rings is 1. The highest BCUT2D eigenvalue weighted by atomic mass is 16.5. The van der Waals surface area contributed by atoms with Crippen molar-refractivity contribution in [3.63, 3.8) is 0 Å². The van der Waals surface area contributed by atoms with Gasteiger partial charge in [-0.2, -0.15) is 0 Å². The SMILES string of the molecule is COc1ccc2onc(CN3CCCC(C)C3)c2c1. The lowest BCUT2D eigenvalue weighted by Crippen LogP contribution is -2.33. The number of rotatable bonds is 3. The number of ether oxygens (including phenoxy) is 1. The first-order valence-corrected chi connectivity index (χ1v) is 6.91. The van der Waals surface area contributed by atoms with Crippen molar-refractivity contribution in [2.24, 2.45) is 5.92 Å². The number of methoxy groups -OCH3 is 1. The van der Waals surface area contributed by atoms with Crippen LogP contribution in [0.5, 0.6) is 5.75 Å². The molecule has 19 heavy (non-hydrogen) atoms. The van der Waals surface area contributed by atoms with Crippen LogP contribution in [0, 0.1) is 5.92 Å². The second kappa shape index (κ2) is 5.21. The van der Waals surface area contributed by atoms with Crippen molar-refractivity contribution in [3.05, 3.63) is 23.9 Å². The Hall–Kier alpha value is -1.55. The van der Waals surface area contributed by atoms with Crippen LogP contribution >= 0.6 is 0 Å². The van der Waals surface area contributed by atoms with Crippen LogP contribution in [0.3, 0.4) is 0 Å². The average molecular weight is 260 g/mol. The molecule has 3 rings (SSSR count). The number of hydrogen-bond donors (Lipinski definition) is 0. The molecular formula is C15H20N2O2. The van der Waals surface area contributed by atoms with Gasteiger partial charge in [0.2, 0.25) is 0 Å². The van der Waals surface area contributed by atoms with Gasteiger partial charge in [0.15, 0.2) is 5.58 Å². The van der Waals surface area contributed by atoms with Gasteiger partial charge in [-0.3, -0.25) is 4.90 Å². The van der Waals surface area contributed by atoms with Crippen LogP contribution in [0.1, 0.15) is 25.5 Å². The summed E-state index contributed by atoms with van der Waals surface area (Å²) in [6, 6.07) is 5.83. The molecular weight excluding hydrogens is 240 g/mol. The molecule has 0 N–H and O–H groups in total. The van der Waals surface area contributed by atoms with Crippen molar-refractivity contribution in [3.8, 4) is 5.75 Å². The molecule has 0 bridgehead atoms. The highest BCUT2D eigenvalue weighted by Gasteiger charge is 2.19. The summed E-state index contributed by atoms with van der Waals surface area (Å²) in [4.78, 5) is 2.46. The van der Waals surface area contributed by atoms with Crippen molar-refractivity contribution in [2.75, 3.05) is 20.2 Å². The van der Waals surface area contributed by atoms with E-state index in [0.717, 1.165) is 48.0 Å². The van der Waals surface area contributed by atoms with Crippen molar-refractivity contribution in [1.29, 1.82) is 0 Å². The minimum absolute atomic E-state index is 0.779. The van der Waals surface area contributed by atoms with E-state index in [-0.39, 0.29) is 0 Å². The van der Waals surface area contributed by atoms with Gasteiger partial charge in [-0.05, 0) is 43.5 Å². The molecule has 1 atom stereocenters. The number of piperidine rings is 1. The van der Waals surface area contributed by atoms with E-state index in [9.17, 15) is 0 Å². The summed E-state index contributed by atoms with van der Waals surface area (Å²) < 4.78 is 10.7. The first-order valence-electron chi connectivity index (χ1n) is 6.91. The second-order valence-corrected chi connectivity index (χ2v) is 5.47. The van der Waals surface area contributed by atoms with Gasteiger partial charge in [0, 0.05) is 18.5 Å². The minimum atomic E-state index is 0.779. The molecule has 2 aromatic rings. The molecule has 1 fully saturated rings. The fraction of sp³-hybridized carbons (Fsp3) is 0.533. The normalized spacial score (nSPS) is 20.8. The van der Waals surface area contributed by atoms with E-state index in [1.54, 1.807) is 7.11 Å². The smallest absolute Gasteiger partial charge is 0.167 e. The summed E-state index contributed by atoms with van der Waals surface area (Å²) in [6.07, 6.45) is 2.62. The molecule has 0 spiro atoms. The van der Waals surface area contributed by atoms with Gasteiger partial charge in [0.05, 0.1) is 7.11 Å². The van der Waals surface area contributed by atoms with Gasteiger partial charge in [-0.1, -0.05) is 12.1 Å². The maximum Gasteiger partial charge on any atom is 0.167 e. The van der Waals surface area contributed by atoms with Gasteiger partial charge in [0.25, 0.3) is 0 Å². The van der Waals surface area contributed by atoms with Crippen molar-refractivity contribution >= 4 is 11.0 Å². The van der Waals surface area contributed by atoms with Gasteiger partial charge >= 0.3 is 0 Å². The largest absolute Gasteiger partial charge is 0.497 e. The molecule has 0 radical (unpaired) electrons. The third-order valence-electron chi connectivity index (χ3n) is 3.87. The van der Waals surface area contributed by atoms with Gasteiger partial charge in [-0.15, -0.1) is 0 Å². The molecule has 0 aliphatic carbocycles. The van der Waals surface area contributed by atoms with E-state index in [2.05, 4.69) is 17.0 Å². The van der Waals surface area contributed by atoms with E-state index < -0.39 is 0 Å². The minimum Gasteiger partial charge on any atom is -0.497 e. The predicted molar refractivity (Wildman–Crippen MR) is 74.2 cm³/mol. The quantitative estimate of drug-likeness (QED) is 0.850. The number of hydrogen-bond acceptors (Lipinski definition) is 4. The molecule has 0 amide bonds. The zero-order valence-corrected chi connectivity index (χ0v) is 11.6. The molecule has 0 saturated carbocycles. The van der Waals surface area contributed by atoms with Crippen molar-refractivity contribution < 1.29 is 9.26 Å². The molecule has 4 heteroatoms. The van der Waals surface area contributed by atoms with Crippen LogP contribution in [0.25, 0.3) is 11.0 Å². The summed E-state index contributed by atoms with van der Waals surface area (Å²) in [5.74, 6) is 1.63. The predicted octanol–water partition coefficient (Wildman–Crippen LogP) is 3.07. The lowest BCUT2D eigenvalue weighted by atomic mass is 10.00. The summed E-state index contributed by atoms with van der Waals surface area (Å²) in [7, 11) is 1.68. The van der Waals surface area contributed by atoms with Gasteiger partial charge in [0.1, 0.15) is 11.4 Å². The first-order chi connectivity index (χ1) is 9.26. The standard InChI is InChI=1S/C15H20N2O2/c1-11-4-3-7-17(9-11)10-14-13-8-12(18-2)5-6-15(13)19-16-14/h5-6,8,11H,3-4,7,9-10H2,1-2H3. The Labute approximate surface area is 113 Å². The summed E-state index contributed by atoms with van der Waals surface area (Å²) in [6.45, 7) is 5.49. The van der Waals surface area contributed by atoms with E-state index in [1.165, 1.54) is 12.8 Å². The van der Waals surface area contributed by atoms with Crippen molar-refractivity contribution in [2.45, 2.75) is 26.3 Å². The maximum absolute atomic E-state index is 5.38. The summed E-state index contributed by atoms with van der Waals surface area (Å²) >= 11 is 0. The Morgan fingerprint density at radius 1 is 1.47 bits per heavy atom. The highest BCUT2D eigenvalue weighted by Crippen LogP contribution is 2.26. The highest BCUT2D eigenvalue weighted by molar-refractivity contribution is 5.80. The van der Waals surface area contributed by atoms with E-state index in [1.807, 2.05) is 18.2 Å². The third-order valence-corrected chi connectivity index (χ3v) is 3.87. The third kappa shape index (κ3) is 2.59. The van der Waals surface area contributed by atoms with Gasteiger partial charge < -0.3 is 9.26 Å². The molecule has 4 nitrogen and oxygen atoms in total. The average Bonchev–Trinajstić information content (AvgIpc) is 2.81. The van der Waals surface area contributed by atoms with Gasteiger partial charge in [-0.25, -0.2) is 0 Å². The Bertz CT molecular complexity index is 564. The van der Waals surface area contributed by atoms with Crippen LogP contribution in [0.2, 0.25) is 0 Å². The fourth-order valence-electron chi connectivity index (χ4n) is 2.85. The molecule has 1 aliphatic heterocycles. The molecule has 1 aromatic carbocycles. The Morgan fingerprint density at radius 3 is 3.16 bits per heavy atom. The Morgan fingerprint density at radius 2 is 2.37 bits per heavy atom. The monoisotopic (exact) mass is 260 g/mol. The van der Waals surface area contributed by atoms with E-state index in [4.69, 9.17) is 9.26 Å². The first kappa shape index (κ1) is 12.5. The Kier molecular flexibility index (Phi) is 3.42. The maximum atomic E-state index is 5.38. The zero-order valence-electron chi connectivity index (χ0n) is 11.6. The molecule has 1 unspecified atom stereocenters. The second-order valence-electron chi connectivity index (χ2n) is 5.47. The lowest BCUT2D eigenvalue weighted by Gasteiger charge is -2.30. The molecule has 102 valence electrons. The van der Waals surface area contributed by atoms with E-state index in [0.29, 0.717) is 0 Å². The lowest BCUT2D eigenvalue weighted by molar-refractivity contribution is 0.173. The zero-order chi connectivity index (χ0) is 13.2. The topological polar surface area (TPSA) is 38.5 Å². The molecule has 1 saturated heterocycles. The number of likely N-dealkylation sites (tertiary alicyclic amines) is 1. The fourth-order valence-corrected chi connectivity index (χ4v) is 2.85. The van der Waals surface area contributed by atoms with Crippen LogP contribution in [-0.2, 0) is 6.54 Å². The summed E-state index contributed by atoms with van der Waals surface area (Å²) in [5.41, 5.74) is 1.85. The van der Waals surface area contributed by atoms with Crippen LogP contribution in [0.15, 0.2) is 22.7 Å². The van der Waals surface area contributed by atoms with Crippen LogP contribution < -0.4 is 4.74 Å². The number of fused-ring (bicyclic) bond motifs is 1. The van der Waals surface area contributed by atoms with Crippen molar-refractivity contribution in [1.82, 2.24) is 10.1 Å². The summed E-state index contributed by atoms with van der Waals surface area (Å²) in [5, 5.41) is 5.28. The molecule has 2 heterocycles. The van der Waals surface area contributed by atoms with Crippen LogP contribution in [-0.4, -0.2) is 30.3 Å². The number of aromatic nitrogens is 1. The Balaban J connectivity index is 1.83. The molecule has 1 aliphatic rings. The van der Waals surface area contributed by atoms with E-state index >= 15 is 0 Å². The molecule has 1 aromatic heterocycles. The number of nitrogens with zero attached hydrogens (tertiary/aromatic N) is 2.